The van der Waals surface area contributed by atoms with Gasteiger partial charge >= 0.3 is 0 Å². The van der Waals surface area contributed by atoms with E-state index in [1.165, 1.54) is 6.07 Å². The molecule has 404 valence electrons. The average molecular weight is 1110 g/mol. The van der Waals surface area contributed by atoms with Gasteiger partial charge in [-0.2, -0.15) is 0 Å². The molecule has 0 N–H and O–H groups in total. The normalized spacial score (nSPS) is 17.2. The fourth-order valence-corrected chi connectivity index (χ4v) is 12.9. The molecule has 0 bridgehead atoms. The van der Waals surface area contributed by atoms with Gasteiger partial charge in [0.25, 0.3) is 6.71 Å². The summed E-state index contributed by atoms with van der Waals surface area (Å²) in [5.41, 5.74) is 3.58. The van der Waals surface area contributed by atoms with Gasteiger partial charge in [0.1, 0.15) is 23.0 Å². The van der Waals surface area contributed by atoms with Crippen LogP contribution in [0.5, 0.6) is 23.0 Å². The van der Waals surface area contributed by atoms with Gasteiger partial charge in [0.2, 0.25) is 0 Å². The van der Waals surface area contributed by atoms with Gasteiger partial charge < -0.3 is 23.5 Å². The smallest absolute Gasteiger partial charge is 0.256 e. The highest BCUT2D eigenvalue weighted by molar-refractivity contribution is 6.99. The molecule has 3 aliphatic heterocycles. The minimum atomic E-state index is -1.43. The Morgan fingerprint density at radius 1 is 0.424 bits per heavy atom. The van der Waals surface area contributed by atoms with Gasteiger partial charge in [0.05, 0.1) is 56.5 Å². The quantitative estimate of drug-likeness (QED) is 0.156. The molecule has 0 unspecified atom stereocenters. The monoisotopic (exact) mass is 1110 g/mol. The Kier molecular flexibility index (Phi) is 7.02. The number of benzene rings is 12. The maximum absolute atomic E-state index is 11.4. The third-order valence-corrected chi connectivity index (χ3v) is 17.0. The summed E-state index contributed by atoms with van der Waals surface area (Å²) < 4.78 is 218. The Morgan fingerprint density at radius 2 is 0.941 bits per heavy atom. The van der Waals surface area contributed by atoms with Crippen LogP contribution >= 0.6 is 0 Å². The lowest BCUT2D eigenvalue weighted by molar-refractivity contribution is 0.418. The molecular weight excluding hydrogens is 1030 g/mol. The fourth-order valence-electron chi connectivity index (χ4n) is 12.9. The lowest BCUT2D eigenvalue weighted by Crippen LogP contribution is -2.59. The van der Waals surface area contributed by atoms with Crippen LogP contribution in [0.1, 0.15) is 80.1 Å². The fraction of sp³-hybridized carbons (Fsp3) is 0.0886. The van der Waals surface area contributed by atoms with Crippen molar-refractivity contribution in [1.29, 1.82) is 0 Å². The van der Waals surface area contributed by atoms with Crippen molar-refractivity contribution in [3.05, 3.63) is 277 Å². The molecule has 0 amide bonds. The van der Waals surface area contributed by atoms with E-state index in [9.17, 15) is 17.8 Å². The van der Waals surface area contributed by atoms with Crippen LogP contribution in [0.3, 0.4) is 0 Å². The number of fused-ring (bicyclic) bond motifs is 12. The highest BCUT2D eigenvalue weighted by Crippen LogP contribution is 2.54. The zero-order chi connectivity index (χ0) is 75.1. The molecule has 0 spiro atoms. The highest BCUT2D eigenvalue weighted by Gasteiger charge is 2.44. The lowest BCUT2D eigenvalue weighted by atomic mass is 9.34. The van der Waals surface area contributed by atoms with Crippen molar-refractivity contribution in [1.82, 2.24) is 9.13 Å². The number of hydrogen-bond donors (Lipinski definition) is 0. The average Bonchev–Trinajstić information content (AvgIpc) is 1.08. The van der Waals surface area contributed by atoms with Crippen molar-refractivity contribution in [3.63, 3.8) is 0 Å². The van der Waals surface area contributed by atoms with Crippen LogP contribution in [-0.4, -0.2) is 15.8 Å². The first kappa shape index (κ1) is 32.5. The lowest BCUT2D eigenvalue weighted by Gasteiger charge is -2.42. The molecule has 0 atom stereocenters. The minimum absolute atomic E-state index is 0.0172. The molecule has 14 aromatic rings. The molecule has 85 heavy (non-hydrogen) atoms. The zero-order valence-electron chi connectivity index (χ0n) is 67.4. The van der Waals surface area contributed by atoms with E-state index in [-0.39, 0.29) is 66.4 Å². The van der Waals surface area contributed by atoms with E-state index in [1.54, 1.807) is 6.07 Å². The topological polar surface area (TPSA) is 31.6 Å². The van der Waals surface area contributed by atoms with E-state index in [0.29, 0.717) is 56.0 Å². The molecule has 5 heterocycles. The van der Waals surface area contributed by atoms with Crippen LogP contribution in [0.2, 0.25) is 0 Å². The largest absolute Gasteiger partial charge is 0.458 e. The molecule has 6 heteroatoms. The van der Waals surface area contributed by atoms with Crippen LogP contribution in [-0.2, 0) is 10.8 Å². The summed E-state index contributed by atoms with van der Waals surface area (Å²) in [7, 11) is 0. The molecule has 5 nitrogen and oxygen atoms in total. The Bertz CT molecular complexity index is 6170. The third-order valence-electron chi connectivity index (χ3n) is 17.0. The summed E-state index contributed by atoms with van der Waals surface area (Å²) in [5, 5.41) is -1.28. The van der Waals surface area contributed by atoms with E-state index in [2.05, 4.69) is 46.8 Å². The molecule has 0 radical (unpaired) electrons. The van der Waals surface area contributed by atoms with Crippen LogP contribution < -0.4 is 30.8 Å². The maximum atomic E-state index is 11.4. The van der Waals surface area contributed by atoms with Crippen molar-refractivity contribution in [3.8, 4) is 67.8 Å². The van der Waals surface area contributed by atoms with Gasteiger partial charge in [-0.25, -0.2) is 0 Å². The van der Waals surface area contributed by atoms with E-state index in [4.69, 9.17) is 20.4 Å². The van der Waals surface area contributed by atoms with Gasteiger partial charge in [-0.1, -0.05) is 210 Å². The summed E-state index contributed by atoms with van der Waals surface area (Å²) in [4.78, 5) is 1.83. The van der Waals surface area contributed by atoms with Crippen LogP contribution in [0.15, 0.2) is 260 Å². The Hall–Kier alpha value is -10.3. The summed E-state index contributed by atoms with van der Waals surface area (Å²) in [6.07, 6.45) is 0. The summed E-state index contributed by atoms with van der Waals surface area (Å²) in [6, 6.07) is 27.4. The van der Waals surface area contributed by atoms with Gasteiger partial charge in [-0.3, -0.25) is 0 Å². The number of aromatic nitrogens is 2. The summed E-state index contributed by atoms with van der Waals surface area (Å²) in [6.45, 7) is 9.03. The third kappa shape index (κ3) is 7.44. The highest BCUT2D eigenvalue weighted by atomic mass is 16.5. The molecule has 2 aromatic heterocycles. The maximum Gasteiger partial charge on any atom is 0.256 e. The van der Waals surface area contributed by atoms with E-state index in [0.717, 1.165) is 25.8 Å². The zero-order valence-corrected chi connectivity index (χ0v) is 46.4. The van der Waals surface area contributed by atoms with Crippen molar-refractivity contribution in [2.24, 2.45) is 0 Å². The number of ether oxygens (including phenoxy) is 2. The second-order valence-corrected chi connectivity index (χ2v) is 23.2. The molecule has 3 aliphatic rings. The number of hydrogen-bond acceptors (Lipinski definition) is 3. The molecule has 12 aromatic carbocycles. The first-order valence-corrected chi connectivity index (χ1v) is 28.0. The minimum Gasteiger partial charge on any atom is -0.458 e. The standard InChI is InChI=1S/C79H58BN3O2/c1-78(2,3)53-45-60(49-22-8-6-9-23-49)77(61(46-53)50-24-10-7-11-25-50)83-70-47-54(81-66-31-17-12-26-56(66)57-27-13-18-32-67(57)81)37-40-64(70)80-65-41-38-55(82-68-33-19-14-28-58(68)59-29-15-20-34-69(59)82)48-74(65)85-75-44-52(42-71(83)76(75)80)51-36-39-63-73(43-51)84-72-35-21-16-30-62(72)79(63,4)5/h6-48H,1-5H3/i12D,13D,14D,15D,17D,18D,19D,20D,26D,27D,28D,29D,31D,32D,33D,34D,37D,38D,40D,47D,48D. The second-order valence-electron chi connectivity index (χ2n) is 23.2. The predicted molar refractivity (Wildman–Crippen MR) is 355 cm³/mol. The van der Waals surface area contributed by atoms with Gasteiger partial charge in [0.15, 0.2) is 0 Å². The number of para-hydroxylation sites is 5. The second kappa shape index (κ2) is 18.4. The first-order valence-electron chi connectivity index (χ1n) is 38.5. The van der Waals surface area contributed by atoms with Gasteiger partial charge in [-0.15, -0.1) is 0 Å². The summed E-state index contributed by atoms with van der Waals surface area (Å²) in [5.74, 6) is 0.923. The number of nitrogens with zero attached hydrogens (tertiary/aromatic N) is 3. The molecule has 0 fully saturated rings. The van der Waals surface area contributed by atoms with Crippen molar-refractivity contribution in [2.45, 2.75) is 45.4 Å². The van der Waals surface area contributed by atoms with E-state index < -0.39 is 167 Å². The molecule has 17 rings (SSSR count). The molecular formula is C79H58BN3O2. The van der Waals surface area contributed by atoms with Gasteiger partial charge in [0, 0.05) is 78.0 Å². The van der Waals surface area contributed by atoms with Crippen LogP contribution in [0.25, 0.3) is 88.4 Å². The summed E-state index contributed by atoms with van der Waals surface area (Å²) >= 11 is 0. The Labute approximate surface area is 524 Å². The molecule has 0 aliphatic carbocycles. The van der Waals surface area contributed by atoms with Crippen molar-refractivity contribution >= 4 is 83.8 Å². The van der Waals surface area contributed by atoms with Crippen molar-refractivity contribution < 1.29 is 38.3 Å². The molecule has 0 saturated heterocycles. The van der Waals surface area contributed by atoms with Crippen LogP contribution in [0.4, 0.5) is 17.1 Å². The number of rotatable bonds is 6. The SMILES string of the molecule is [2H]c1cc2c(c([2H])c1-n1c3c([2H])c([2H])c([2H])c([2H])c3c3c([2H])c([2H])c([2H])c([2H])c31)Oc1cc(-c3ccc4c(c3)Oc3ccccc3C4(C)C)cc3c1B2c1c([2H])c([2H])c(-n2c4c([2H])c([2H])c([2H])c([2H])c4c4c([2H])c([2H])c([2H])c([2H])c42)c([2H])c1N3c1c(-c2ccccc2)cc(C(C)(C)C)cc1-c1ccccc1. The van der Waals surface area contributed by atoms with Gasteiger partial charge in [-0.05, 0) is 128 Å². The van der Waals surface area contributed by atoms with Crippen molar-refractivity contribution in [2.75, 3.05) is 4.90 Å². The number of anilines is 3. The predicted octanol–water partition coefficient (Wildman–Crippen LogP) is 19.0. The molecule has 0 saturated carbocycles. The van der Waals surface area contributed by atoms with E-state index >= 15 is 0 Å². The Morgan fingerprint density at radius 3 is 1.53 bits per heavy atom. The Balaban J connectivity index is 1.08. The van der Waals surface area contributed by atoms with Crippen LogP contribution in [0, 0.1) is 0 Å². The first-order chi connectivity index (χ1) is 50.3. The van der Waals surface area contributed by atoms with E-state index in [1.807, 2.05) is 114 Å².